The van der Waals surface area contributed by atoms with Crippen LogP contribution in [0.3, 0.4) is 0 Å². The minimum absolute atomic E-state index is 0.573. The molecule has 2 N–H and O–H groups in total. The Bertz CT molecular complexity index is 320. The van der Waals surface area contributed by atoms with E-state index in [0.717, 1.165) is 6.54 Å². The van der Waals surface area contributed by atoms with Crippen molar-refractivity contribution >= 4 is 5.69 Å². The Morgan fingerprint density at radius 2 is 2.20 bits per heavy atom. The summed E-state index contributed by atoms with van der Waals surface area (Å²) in [6.45, 7) is 5.44. The fraction of sp³-hybridized carbons (Fsp3) is 0.538. The predicted octanol–water partition coefficient (Wildman–Crippen LogP) is 2.41. The van der Waals surface area contributed by atoms with Crippen LogP contribution >= 0.6 is 0 Å². The standard InChI is InChI=1S/C13H20N2/c1-10(2)14-9-12-8-7-11-5-3-4-6-13(11)15-12/h3-6,10,12,14-15H,7-9H2,1-2H3. The third-order valence-electron chi connectivity index (χ3n) is 2.91. The van der Waals surface area contributed by atoms with Crippen LogP contribution in [0.15, 0.2) is 24.3 Å². The average Bonchev–Trinajstić information content (AvgIpc) is 2.26. The van der Waals surface area contributed by atoms with Crippen molar-refractivity contribution in [2.24, 2.45) is 0 Å². The van der Waals surface area contributed by atoms with Gasteiger partial charge < -0.3 is 10.6 Å². The molecule has 2 nitrogen and oxygen atoms in total. The second kappa shape index (κ2) is 4.67. The van der Waals surface area contributed by atoms with Crippen molar-refractivity contribution in [3.63, 3.8) is 0 Å². The number of para-hydroxylation sites is 1. The molecule has 0 saturated carbocycles. The van der Waals surface area contributed by atoms with Gasteiger partial charge in [0.05, 0.1) is 0 Å². The Balaban J connectivity index is 1.94. The van der Waals surface area contributed by atoms with Crippen molar-refractivity contribution < 1.29 is 0 Å². The van der Waals surface area contributed by atoms with Gasteiger partial charge in [-0.25, -0.2) is 0 Å². The van der Waals surface area contributed by atoms with Crippen LogP contribution in [0.1, 0.15) is 25.8 Å². The van der Waals surface area contributed by atoms with E-state index in [2.05, 4.69) is 48.7 Å². The molecule has 0 radical (unpaired) electrons. The first-order chi connectivity index (χ1) is 7.25. The van der Waals surface area contributed by atoms with Crippen LogP contribution < -0.4 is 10.6 Å². The predicted molar refractivity (Wildman–Crippen MR) is 65.3 cm³/mol. The van der Waals surface area contributed by atoms with E-state index in [1.807, 2.05) is 0 Å². The van der Waals surface area contributed by atoms with Crippen LogP contribution in [-0.2, 0) is 6.42 Å². The molecule has 0 aromatic heterocycles. The Morgan fingerprint density at radius 3 is 3.00 bits per heavy atom. The maximum Gasteiger partial charge on any atom is 0.0389 e. The number of rotatable bonds is 3. The minimum Gasteiger partial charge on any atom is -0.381 e. The van der Waals surface area contributed by atoms with Gasteiger partial charge in [0, 0.05) is 24.3 Å². The van der Waals surface area contributed by atoms with Crippen molar-refractivity contribution in [3.8, 4) is 0 Å². The molecule has 1 unspecified atom stereocenters. The maximum atomic E-state index is 3.59. The third-order valence-corrected chi connectivity index (χ3v) is 2.91. The quantitative estimate of drug-likeness (QED) is 0.790. The summed E-state index contributed by atoms with van der Waals surface area (Å²) in [5.74, 6) is 0. The second-order valence-corrected chi connectivity index (χ2v) is 4.60. The number of aryl methyl sites for hydroxylation is 1. The van der Waals surface area contributed by atoms with Crippen LogP contribution in [-0.4, -0.2) is 18.6 Å². The van der Waals surface area contributed by atoms with E-state index in [-0.39, 0.29) is 0 Å². The van der Waals surface area contributed by atoms with E-state index in [4.69, 9.17) is 0 Å². The lowest BCUT2D eigenvalue weighted by Crippen LogP contribution is -2.38. The molecule has 1 heterocycles. The van der Waals surface area contributed by atoms with E-state index >= 15 is 0 Å². The Morgan fingerprint density at radius 1 is 1.40 bits per heavy atom. The number of anilines is 1. The van der Waals surface area contributed by atoms with Crippen molar-refractivity contribution in [1.82, 2.24) is 5.32 Å². The lowest BCUT2D eigenvalue weighted by molar-refractivity contribution is 0.516. The summed E-state index contributed by atoms with van der Waals surface area (Å²) in [6.07, 6.45) is 2.43. The highest BCUT2D eigenvalue weighted by molar-refractivity contribution is 5.53. The summed E-state index contributed by atoms with van der Waals surface area (Å²) in [4.78, 5) is 0. The largest absolute Gasteiger partial charge is 0.381 e. The first kappa shape index (κ1) is 10.5. The second-order valence-electron chi connectivity index (χ2n) is 4.60. The van der Waals surface area contributed by atoms with Crippen molar-refractivity contribution in [2.75, 3.05) is 11.9 Å². The topological polar surface area (TPSA) is 24.1 Å². The van der Waals surface area contributed by atoms with Gasteiger partial charge in [0.1, 0.15) is 0 Å². The molecular weight excluding hydrogens is 184 g/mol. The van der Waals surface area contributed by atoms with Crippen LogP contribution in [0.25, 0.3) is 0 Å². The minimum atomic E-state index is 0.573. The van der Waals surface area contributed by atoms with Gasteiger partial charge in [0.2, 0.25) is 0 Å². The molecular formula is C13H20N2. The molecule has 0 saturated heterocycles. The lowest BCUT2D eigenvalue weighted by Gasteiger charge is -2.27. The van der Waals surface area contributed by atoms with Gasteiger partial charge in [0.15, 0.2) is 0 Å². The van der Waals surface area contributed by atoms with Crippen LogP contribution in [0.5, 0.6) is 0 Å². The summed E-state index contributed by atoms with van der Waals surface area (Å²) in [6, 6.07) is 9.77. The summed E-state index contributed by atoms with van der Waals surface area (Å²) < 4.78 is 0. The zero-order chi connectivity index (χ0) is 10.7. The molecule has 0 spiro atoms. The van der Waals surface area contributed by atoms with E-state index in [1.165, 1.54) is 24.1 Å². The molecule has 0 aliphatic carbocycles. The van der Waals surface area contributed by atoms with Crippen LogP contribution in [0.4, 0.5) is 5.69 Å². The molecule has 0 amide bonds. The molecule has 1 aromatic carbocycles. The van der Waals surface area contributed by atoms with Crippen molar-refractivity contribution in [2.45, 2.75) is 38.8 Å². The highest BCUT2D eigenvalue weighted by Crippen LogP contribution is 2.23. The molecule has 2 heteroatoms. The Hall–Kier alpha value is -1.02. The van der Waals surface area contributed by atoms with E-state index in [9.17, 15) is 0 Å². The molecule has 1 aromatic rings. The molecule has 1 aliphatic rings. The summed E-state index contributed by atoms with van der Waals surface area (Å²) >= 11 is 0. The third kappa shape index (κ3) is 2.72. The molecule has 15 heavy (non-hydrogen) atoms. The SMILES string of the molecule is CC(C)NCC1CCc2ccccc2N1. The Kier molecular flexibility index (Phi) is 3.27. The van der Waals surface area contributed by atoms with Gasteiger partial charge in [0.25, 0.3) is 0 Å². The van der Waals surface area contributed by atoms with Crippen molar-refractivity contribution in [1.29, 1.82) is 0 Å². The number of nitrogens with one attached hydrogen (secondary N) is 2. The molecule has 0 bridgehead atoms. The first-order valence-corrected chi connectivity index (χ1v) is 5.83. The highest BCUT2D eigenvalue weighted by atomic mass is 15.0. The van der Waals surface area contributed by atoms with Gasteiger partial charge in [-0.05, 0) is 24.5 Å². The molecule has 82 valence electrons. The molecule has 2 rings (SSSR count). The van der Waals surface area contributed by atoms with Gasteiger partial charge in [-0.15, -0.1) is 0 Å². The zero-order valence-electron chi connectivity index (χ0n) is 9.59. The van der Waals surface area contributed by atoms with E-state index < -0.39 is 0 Å². The van der Waals surface area contributed by atoms with Gasteiger partial charge in [-0.1, -0.05) is 32.0 Å². The number of fused-ring (bicyclic) bond motifs is 1. The number of hydrogen-bond acceptors (Lipinski definition) is 2. The maximum absolute atomic E-state index is 3.59. The lowest BCUT2D eigenvalue weighted by atomic mass is 9.98. The van der Waals surface area contributed by atoms with Crippen LogP contribution in [0.2, 0.25) is 0 Å². The zero-order valence-corrected chi connectivity index (χ0v) is 9.59. The summed E-state index contributed by atoms with van der Waals surface area (Å²) in [5, 5.41) is 7.07. The highest BCUT2D eigenvalue weighted by Gasteiger charge is 2.16. The van der Waals surface area contributed by atoms with Crippen LogP contribution in [0, 0.1) is 0 Å². The smallest absolute Gasteiger partial charge is 0.0389 e. The first-order valence-electron chi connectivity index (χ1n) is 5.83. The number of hydrogen-bond donors (Lipinski definition) is 2. The van der Waals surface area contributed by atoms with Gasteiger partial charge in [-0.3, -0.25) is 0 Å². The normalized spacial score (nSPS) is 19.8. The molecule has 1 aliphatic heterocycles. The fourth-order valence-corrected chi connectivity index (χ4v) is 2.03. The Labute approximate surface area is 92.1 Å². The van der Waals surface area contributed by atoms with E-state index in [0.29, 0.717) is 12.1 Å². The fourth-order valence-electron chi connectivity index (χ4n) is 2.03. The summed E-state index contributed by atoms with van der Waals surface area (Å²) in [5.41, 5.74) is 2.78. The average molecular weight is 204 g/mol. The van der Waals surface area contributed by atoms with Gasteiger partial charge in [-0.2, -0.15) is 0 Å². The van der Waals surface area contributed by atoms with E-state index in [1.54, 1.807) is 0 Å². The van der Waals surface area contributed by atoms with Gasteiger partial charge >= 0.3 is 0 Å². The van der Waals surface area contributed by atoms with Crippen molar-refractivity contribution in [3.05, 3.63) is 29.8 Å². The number of benzene rings is 1. The molecule has 0 fully saturated rings. The molecule has 1 atom stereocenters. The summed E-state index contributed by atoms with van der Waals surface area (Å²) in [7, 11) is 0. The monoisotopic (exact) mass is 204 g/mol.